The normalized spacial score (nSPS) is 12.2. The first-order valence-electron chi connectivity index (χ1n) is 23.2. The van der Waals surface area contributed by atoms with Crippen molar-refractivity contribution in [3.63, 3.8) is 0 Å². The number of hydrogen-bond donors (Lipinski definition) is 0. The molecule has 0 atom stereocenters. The van der Waals surface area contributed by atoms with Gasteiger partial charge in [0.15, 0.2) is 0 Å². The highest BCUT2D eigenvalue weighted by molar-refractivity contribution is 6.28. The largest absolute Gasteiger partial charge is 0.416 e. The molecular weight excluding hydrogens is 872 g/mol. The van der Waals surface area contributed by atoms with E-state index in [4.69, 9.17) is 0 Å². The Balaban J connectivity index is 1.21. The number of para-hydroxylation sites is 6. The molecule has 0 radical (unpaired) electrons. The van der Waals surface area contributed by atoms with E-state index in [1.165, 1.54) is 12.1 Å². The van der Waals surface area contributed by atoms with E-state index in [0.29, 0.717) is 28.1 Å². The lowest BCUT2D eigenvalue weighted by atomic mass is 9.96. The minimum absolute atomic E-state index is 0.357. The molecular formula is C62H36F3N5. The summed E-state index contributed by atoms with van der Waals surface area (Å²) in [5, 5.41) is 19.1. The van der Waals surface area contributed by atoms with Gasteiger partial charge in [0.25, 0.3) is 0 Å². The lowest BCUT2D eigenvalue weighted by molar-refractivity contribution is -0.137. The maximum atomic E-state index is 15.1. The second-order valence-corrected chi connectivity index (χ2v) is 17.9. The van der Waals surface area contributed by atoms with Crippen LogP contribution in [0, 0.1) is 11.3 Å². The molecule has 5 nitrogen and oxygen atoms in total. The van der Waals surface area contributed by atoms with Gasteiger partial charge in [-0.1, -0.05) is 133 Å². The molecule has 0 N–H and O–H groups in total. The van der Waals surface area contributed by atoms with Crippen molar-refractivity contribution in [3.8, 4) is 39.9 Å². The lowest BCUT2D eigenvalue weighted by Crippen LogP contribution is -2.07. The van der Waals surface area contributed by atoms with Crippen LogP contribution in [0.2, 0.25) is 0 Å². The van der Waals surface area contributed by atoms with Crippen LogP contribution in [-0.2, 0) is 6.18 Å². The van der Waals surface area contributed by atoms with Gasteiger partial charge < -0.3 is 18.3 Å². The van der Waals surface area contributed by atoms with Gasteiger partial charge in [-0.05, 0) is 90.5 Å². The van der Waals surface area contributed by atoms with Crippen molar-refractivity contribution in [1.82, 2.24) is 18.3 Å². The number of hydrogen-bond acceptors (Lipinski definition) is 1. The Morgan fingerprint density at radius 2 is 0.771 bits per heavy atom. The van der Waals surface area contributed by atoms with E-state index in [1.807, 2.05) is 97.1 Å². The quantitative estimate of drug-likeness (QED) is 0.170. The standard InChI is InChI=1S/C62H36F3N5/c63-62(64,65)40-17-15-16-39(36-40)57-55(69-49-26-11-7-22-43(49)45-30-32-53-58(60(45)69)47-24-9-13-28-51(47)67(53)41-18-3-1-4-19-41)34-38(37-66)35-56(57)70-50-27-12-8-23-44(50)46-31-33-54-59(61(46)70)48-25-10-14-29-52(48)68(54)42-20-5-2-6-21-42/h1-36H. The van der Waals surface area contributed by atoms with E-state index >= 15 is 13.2 Å². The zero-order valence-corrected chi connectivity index (χ0v) is 37.2. The van der Waals surface area contributed by atoms with Crippen LogP contribution in [-0.4, -0.2) is 18.3 Å². The van der Waals surface area contributed by atoms with E-state index < -0.39 is 11.7 Å². The van der Waals surface area contributed by atoms with Crippen LogP contribution in [0.25, 0.3) is 121 Å². The molecule has 14 rings (SSSR count). The number of rotatable bonds is 5. The highest BCUT2D eigenvalue weighted by atomic mass is 19.4. The Labute approximate surface area is 397 Å². The van der Waals surface area contributed by atoms with Gasteiger partial charge in [0.1, 0.15) is 0 Å². The average Bonchev–Trinajstić information content (AvgIpc) is 4.13. The molecule has 330 valence electrons. The highest BCUT2D eigenvalue weighted by Gasteiger charge is 2.32. The number of fused-ring (bicyclic) bond motifs is 14. The molecule has 8 heteroatoms. The molecule has 0 unspecified atom stereocenters. The van der Waals surface area contributed by atoms with Gasteiger partial charge >= 0.3 is 6.18 Å². The van der Waals surface area contributed by atoms with Crippen molar-refractivity contribution < 1.29 is 13.2 Å². The van der Waals surface area contributed by atoms with E-state index in [0.717, 1.165) is 105 Å². The number of alkyl halides is 3. The fourth-order valence-electron chi connectivity index (χ4n) is 11.4. The third-order valence-electron chi connectivity index (χ3n) is 14.2. The van der Waals surface area contributed by atoms with Gasteiger partial charge in [-0.15, -0.1) is 0 Å². The van der Waals surface area contributed by atoms with E-state index in [2.05, 4.69) is 121 Å². The van der Waals surface area contributed by atoms with E-state index in [-0.39, 0.29) is 0 Å². The van der Waals surface area contributed by atoms with Crippen molar-refractivity contribution in [1.29, 1.82) is 5.26 Å². The van der Waals surface area contributed by atoms with Crippen LogP contribution in [0.15, 0.2) is 218 Å². The monoisotopic (exact) mass is 907 g/mol. The number of nitriles is 1. The molecule has 0 aliphatic rings. The van der Waals surface area contributed by atoms with Gasteiger partial charge in [-0.3, -0.25) is 0 Å². The smallest absolute Gasteiger partial charge is 0.309 e. The van der Waals surface area contributed by atoms with Crippen LogP contribution >= 0.6 is 0 Å². The summed E-state index contributed by atoms with van der Waals surface area (Å²) in [6.45, 7) is 0. The van der Waals surface area contributed by atoms with Crippen LogP contribution in [0.4, 0.5) is 13.2 Å². The first kappa shape index (κ1) is 39.8. The zero-order valence-electron chi connectivity index (χ0n) is 37.2. The highest BCUT2D eigenvalue weighted by Crippen LogP contribution is 2.48. The molecule has 10 aromatic carbocycles. The molecule has 4 heterocycles. The minimum Gasteiger partial charge on any atom is -0.309 e. The maximum Gasteiger partial charge on any atom is 0.416 e. The molecule has 0 bridgehead atoms. The fraction of sp³-hybridized carbons (Fsp3) is 0.0161. The first-order valence-corrected chi connectivity index (χ1v) is 23.2. The number of nitrogens with zero attached hydrogens (tertiary/aromatic N) is 5. The van der Waals surface area contributed by atoms with E-state index in [9.17, 15) is 5.26 Å². The number of halogens is 3. The van der Waals surface area contributed by atoms with Gasteiger partial charge in [-0.2, -0.15) is 18.4 Å². The Hall–Kier alpha value is -9.32. The van der Waals surface area contributed by atoms with Crippen LogP contribution in [0.3, 0.4) is 0 Å². The van der Waals surface area contributed by atoms with Crippen LogP contribution in [0.1, 0.15) is 11.1 Å². The summed E-state index contributed by atoms with van der Waals surface area (Å²) >= 11 is 0. The molecule has 14 aromatic rings. The van der Waals surface area contributed by atoms with Crippen molar-refractivity contribution in [2.24, 2.45) is 0 Å². The van der Waals surface area contributed by atoms with Crippen molar-refractivity contribution in [3.05, 3.63) is 230 Å². The minimum atomic E-state index is -4.63. The molecule has 4 aromatic heterocycles. The molecule has 0 saturated heterocycles. The van der Waals surface area contributed by atoms with Crippen LogP contribution in [0.5, 0.6) is 0 Å². The van der Waals surface area contributed by atoms with Gasteiger partial charge in [0.2, 0.25) is 0 Å². The summed E-state index contributed by atoms with van der Waals surface area (Å²) in [5.74, 6) is 0. The van der Waals surface area contributed by atoms with Gasteiger partial charge in [0.05, 0.1) is 72.7 Å². The van der Waals surface area contributed by atoms with E-state index in [1.54, 1.807) is 6.07 Å². The van der Waals surface area contributed by atoms with Crippen LogP contribution < -0.4 is 0 Å². The fourth-order valence-corrected chi connectivity index (χ4v) is 11.4. The van der Waals surface area contributed by atoms with Gasteiger partial charge in [0, 0.05) is 60.0 Å². The SMILES string of the molecule is N#Cc1cc(-n2c3ccccc3c3ccc4c(c5ccccc5n4-c4ccccc4)c32)c(-c2cccc(C(F)(F)F)c2)c(-n2c3ccccc3c3ccc4c(c5ccccc5n4-c4ccccc4)c32)c1. The van der Waals surface area contributed by atoms with Crippen molar-refractivity contribution in [2.45, 2.75) is 6.18 Å². The predicted octanol–water partition coefficient (Wildman–Crippen LogP) is 16.6. The second kappa shape index (κ2) is 14.8. The molecule has 0 aliphatic heterocycles. The third-order valence-corrected chi connectivity index (χ3v) is 14.2. The molecule has 0 fully saturated rings. The second-order valence-electron chi connectivity index (χ2n) is 17.9. The summed E-state index contributed by atoms with van der Waals surface area (Å²) < 4.78 is 54.1. The number of aromatic nitrogens is 4. The lowest BCUT2D eigenvalue weighted by Gasteiger charge is -2.22. The average molecular weight is 908 g/mol. The Bertz CT molecular complexity index is 4270. The molecule has 0 aliphatic carbocycles. The topological polar surface area (TPSA) is 43.5 Å². The van der Waals surface area contributed by atoms with Crippen molar-refractivity contribution in [2.75, 3.05) is 0 Å². The summed E-state index contributed by atoms with van der Waals surface area (Å²) in [5.41, 5.74) is 11.1. The molecule has 70 heavy (non-hydrogen) atoms. The Morgan fingerprint density at radius 1 is 0.357 bits per heavy atom. The first-order chi connectivity index (χ1) is 34.4. The summed E-state index contributed by atoms with van der Waals surface area (Å²) in [6.07, 6.45) is -4.63. The molecule has 0 saturated carbocycles. The third kappa shape index (κ3) is 5.60. The van der Waals surface area contributed by atoms with Crippen molar-refractivity contribution >= 4 is 87.2 Å². The zero-order chi connectivity index (χ0) is 46.8. The maximum absolute atomic E-state index is 15.1. The number of benzene rings is 10. The summed E-state index contributed by atoms with van der Waals surface area (Å²) in [4.78, 5) is 0. The Morgan fingerprint density at radius 3 is 1.21 bits per heavy atom. The molecule has 0 amide bonds. The van der Waals surface area contributed by atoms with Gasteiger partial charge in [-0.25, -0.2) is 0 Å². The summed E-state index contributed by atoms with van der Waals surface area (Å²) in [7, 11) is 0. The predicted molar refractivity (Wildman–Crippen MR) is 279 cm³/mol. The Kier molecular flexibility index (Phi) is 8.44. The summed E-state index contributed by atoms with van der Waals surface area (Å²) in [6, 6.07) is 74.1. The molecule has 0 spiro atoms.